The maximum atomic E-state index is 14.3. The van der Waals surface area contributed by atoms with E-state index in [0.29, 0.717) is 30.8 Å². The van der Waals surface area contributed by atoms with Crippen molar-refractivity contribution in [3.63, 3.8) is 0 Å². The van der Waals surface area contributed by atoms with Crippen LogP contribution in [0.5, 0.6) is 0 Å². The van der Waals surface area contributed by atoms with E-state index in [9.17, 15) is 9.18 Å². The minimum atomic E-state index is -0.454. The largest absolute Gasteiger partial charge is 0.390 e. The lowest BCUT2D eigenvalue weighted by molar-refractivity contribution is -0.134. The predicted molar refractivity (Wildman–Crippen MR) is 139 cm³/mol. The Balaban J connectivity index is 1.43. The van der Waals surface area contributed by atoms with Gasteiger partial charge in [0.15, 0.2) is 6.10 Å². The molecule has 4 aromatic carbocycles. The number of hydrogen-bond donors (Lipinski definition) is 0. The van der Waals surface area contributed by atoms with E-state index in [2.05, 4.69) is 5.16 Å². The molecule has 1 amide bonds. The maximum absolute atomic E-state index is 14.3. The highest BCUT2D eigenvalue weighted by molar-refractivity contribution is 6.01. The SMILES string of the molecule is O=C(C(c1ccccc1)c1ccccc1)N(Cc1ccccc1)C[C@@H]1CC(c2ccccc2F)=NO1. The third kappa shape index (κ3) is 5.36. The smallest absolute Gasteiger partial charge is 0.235 e. The normalized spacial score (nSPS) is 14.8. The van der Waals surface area contributed by atoms with Crippen LogP contribution < -0.4 is 0 Å². The average molecular weight is 479 g/mol. The van der Waals surface area contributed by atoms with E-state index in [1.165, 1.54) is 6.07 Å². The van der Waals surface area contributed by atoms with Crippen molar-refractivity contribution in [2.24, 2.45) is 5.16 Å². The molecule has 0 aliphatic carbocycles. The summed E-state index contributed by atoms with van der Waals surface area (Å²) in [6, 6.07) is 36.1. The summed E-state index contributed by atoms with van der Waals surface area (Å²) in [6.07, 6.45) is 0.0698. The molecule has 4 nitrogen and oxygen atoms in total. The van der Waals surface area contributed by atoms with Crippen LogP contribution in [0, 0.1) is 5.82 Å². The van der Waals surface area contributed by atoms with Gasteiger partial charge in [0.05, 0.1) is 18.2 Å². The van der Waals surface area contributed by atoms with Crippen molar-refractivity contribution < 1.29 is 14.0 Å². The van der Waals surface area contributed by atoms with Gasteiger partial charge < -0.3 is 9.74 Å². The fraction of sp³-hybridized carbons (Fsp3) is 0.161. The lowest BCUT2D eigenvalue weighted by Crippen LogP contribution is -2.40. The fourth-order valence-electron chi connectivity index (χ4n) is 4.61. The molecule has 36 heavy (non-hydrogen) atoms. The molecule has 0 unspecified atom stereocenters. The van der Waals surface area contributed by atoms with Crippen LogP contribution in [-0.4, -0.2) is 29.2 Å². The number of amides is 1. The molecular weight excluding hydrogens is 451 g/mol. The molecule has 0 aromatic heterocycles. The first-order chi connectivity index (χ1) is 17.7. The van der Waals surface area contributed by atoms with Crippen molar-refractivity contribution >= 4 is 11.6 Å². The van der Waals surface area contributed by atoms with Crippen molar-refractivity contribution in [3.05, 3.63) is 143 Å². The van der Waals surface area contributed by atoms with E-state index in [1.54, 1.807) is 18.2 Å². The van der Waals surface area contributed by atoms with Gasteiger partial charge in [-0.25, -0.2) is 4.39 Å². The van der Waals surface area contributed by atoms with E-state index in [0.717, 1.165) is 16.7 Å². The third-order valence-electron chi connectivity index (χ3n) is 6.38. The van der Waals surface area contributed by atoms with Crippen LogP contribution in [0.2, 0.25) is 0 Å². The fourth-order valence-corrected chi connectivity index (χ4v) is 4.61. The van der Waals surface area contributed by atoms with Crippen LogP contribution in [0.25, 0.3) is 0 Å². The topological polar surface area (TPSA) is 41.9 Å². The molecule has 0 saturated carbocycles. The summed E-state index contributed by atoms with van der Waals surface area (Å²) in [4.78, 5) is 21.8. The van der Waals surface area contributed by atoms with E-state index >= 15 is 0 Å². The van der Waals surface area contributed by atoms with Gasteiger partial charge in [-0.15, -0.1) is 0 Å². The van der Waals surface area contributed by atoms with Crippen molar-refractivity contribution in [3.8, 4) is 0 Å². The Labute approximate surface area is 210 Å². The molecule has 0 saturated heterocycles. The van der Waals surface area contributed by atoms with Gasteiger partial charge in [-0.1, -0.05) is 114 Å². The second-order valence-corrected chi connectivity index (χ2v) is 8.91. The number of oxime groups is 1. The molecule has 5 heteroatoms. The Kier molecular flexibility index (Phi) is 7.17. The maximum Gasteiger partial charge on any atom is 0.235 e. The molecular formula is C31H27FN2O2. The van der Waals surface area contributed by atoms with E-state index < -0.39 is 5.92 Å². The lowest BCUT2D eigenvalue weighted by Gasteiger charge is -2.29. The summed E-state index contributed by atoms with van der Waals surface area (Å²) in [6.45, 7) is 0.774. The number of nitrogens with zero attached hydrogens (tertiary/aromatic N) is 2. The first-order valence-electron chi connectivity index (χ1n) is 12.1. The van der Waals surface area contributed by atoms with Gasteiger partial charge in [-0.2, -0.15) is 0 Å². The third-order valence-corrected chi connectivity index (χ3v) is 6.38. The van der Waals surface area contributed by atoms with Crippen molar-refractivity contribution in [1.82, 2.24) is 4.90 Å². The Hall–Kier alpha value is -4.25. The molecule has 1 atom stereocenters. The molecule has 1 aliphatic heterocycles. The summed E-state index contributed by atoms with van der Waals surface area (Å²) >= 11 is 0. The molecule has 0 spiro atoms. The summed E-state index contributed by atoms with van der Waals surface area (Å²) in [5.41, 5.74) is 3.89. The number of hydrogen-bond acceptors (Lipinski definition) is 3. The van der Waals surface area contributed by atoms with Crippen molar-refractivity contribution in [2.75, 3.05) is 6.54 Å². The Morgan fingerprint density at radius 1 is 0.833 bits per heavy atom. The highest BCUT2D eigenvalue weighted by Crippen LogP contribution is 2.29. The van der Waals surface area contributed by atoms with Crippen LogP contribution >= 0.6 is 0 Å². The number of rotatable bonds is 8. The van der Waals surface area contributed by atoms with E-state index in [4.69, 9.17) is 4.84 Å². The molecule has 5 rings (SSSR count). The molecule has 0 fully saturated rings. The predicted octanol–water partition coefficient (Wildman–Crippen LogP) is 6.18. The second-order valence-electron chi connectivity index (χ2n) is 8.91. The van der Waals surface area contributed by atoms with Gasteiger partial charge in [-0.05, 0) is 22.8 Å². The molecule has 0 N–H and O–H groups in total. The summed E-state index contributed by atoms with van der Waals surface area (Å²) in [5, 5.41) is 4.17. The molecule has 4 aromatic rings. The van der Waals surface area contributed by atoms with Gasteiger partial charge in [0.1, 0.15) is 5.82 Å². The zero-order valence-corrected chi connectivity index (χ0v) is 19.8. The van der Waals surface area contributed by atoms with E-state index in [-0.39, 0.29) is 17.8 Å². The first-order valence-corrected chi connectivity index (χ1v) is 12.1. The van der Waals surface area contributed by atoms with Gasteiger partial charge in [0, 0.05) is 18.5 Å². The van der Waals surface area contributed by atoms with Gasteiger partial charge >= 0.3 is 0 Å². The number of carbonyl (C=O) groups excluding carboxylic acids is 1. The van der Waals surface area contributed by atoms with Crippen LogP contribution in [0.3, 0.4) is 0 Å². The van der Waals surface area contributed by atoms with Crippen LogP contribution in [0.1, 0.15) is 34.6 Å². The first kappa shape index (κ1) is 23.5. The zero-order chi connectivity index (χ0) is 24.7. The van der Waals surface area contributed by atoms with Gasteiger partial charge in [0.25, 0.3) is 0 Å². The van der Waals surface area contributed by atoms with Crippen molar-refractivity contribution in [2.45, 2.75) is 25.0 Å². The zero-order valence-electron chi connectivity index (χ0n) is 19.8. The summed E-state index contributed by atoms with van der Waals surface area (Å²) in [7, 11) is 0. The number of halogens is 1. The Morgan fingerprint density at radius 2 is 1.39 bits per heavy atom. The quantitative estimate of drug-likeness (QED) is 0.304. The van der Waals surface area contributed by atoms with Gasteiger partial charge in [-0.3, -0.25) is 4.79 Å². The highest BCUT2D eigenvalue weighted by Gasteiger charge is 2.32. The minimum absolute atomic E-state index is 0.0146. The second kappa shape index (κ2) is 11.0. The number of benzene rings is 4. The summed E-state index contributed by atoms with van der Waals surface area (Å²) < 4.78 is 14.3. The Bertz CT molecular complexity index is 1290. The van der Waals surface area contributed by atoms with E-state index in [1.807, 2.05) is 95.9 Å². The molecule has 180 valence electrons. The molecule has 0 bridgehead atoms. The standard InChI is InChI=1S/C31H27FN2O2/c32-28-19-11-10-18-27(28)29-20-26(36-33-29)22-34(21-23-12-4-1-5-13-23)31(35)30(24-14-6-2-7-15-24)25-16-8-3-9-17-25/h1-19,26,30H,20-22H2/t26-/m0/s1. The van der Waals surface area contributed by atoms with Gasteiger partial charge in [0.2, 0.25) is 5.91 Å². The molecule has 0 radical (unpaired) electrons. The van der Waals surface area contributed by atoms with Crippen LogP contribution in [0.15, 0.2) is 120 Å². The van der Waals surface area contributed by atoms with Crippen molar-refractivity contribution in [1.29, 1.82) is 0 Å². The molecule has 1 aliphatic rings. The summed E-state index contributed by atoms with van der Waals surface area (Å²) in [5.74, 6) is -0.797. The van der Waals surface area contributed by atoms with Crippen LogP contribution in [-0.2, 0) is 16.2 Å². The lowest BCUT2D eigenvalue weighted by atomic mass is 9.89. The average Bonchev–Trinajstić information content (AvgIpc) is 3.39. The minimum Gasteiger partial charge on any atom is -0.390 e. The molecule has 1 heterocycles. The monoisotopic (exact) mass is 478 g/mol. The van der Waals surface area contributed by atoms with Crippen LogP contribution in [0.4, 0.5) is 4.39 Å². The highest BCUT2D eigenvalue weighted by atomic mass is 19.1. The Morgan fingerprint density at radius 3 is 2.00 bits per heavy atom. The number of carbonyl (C=O) groups is 1.